The molecule has 3 atom stereocenters. The summed E-state index contributed by atoms with van der Waals surface area (Å²) in [6.07, 6.45) is 0.268. The van der Waals surface area contributed by atoms with E-state index in [9.17, 15) is 10.2 Å². The van der Waals surface area contributed by atoms with Crippen molar-refractivity contribution in [1.29, 1.82) is 0 Å². The first-order chi connectivity index (χ1) is 8.99. The molecule has 4 heteroatoms. The fourth-order valence-corrected chi connectivity index (χ4v) is 2.02. The molecule has 0 saturated heterocycles. The van der Waals surface area contributed by atoms with Crippen molar-refractivity contribution >= 4 is 5.69 Å². The van der Waals surface area contributed by atoms with Crippen molar-refractivity contribution in [1.82, 2.24) is 5.32 Å². The van der Waals surface area contributed by atoms with Gasteiger partial charge in [-0.05, 0) is 31.0 Å². The van der Waals surface area contributed by atoms with E-state index in [1.165, 1.54) is 0 Å². The molecule has 0 heterocycles. The molecule has 0 aliphatic carbocycles. The van der Waals surface area contributed by atoms with Gasteiger partial charge in [0.05, 0.1) is 12.7 Å². The molecule has 0 aliphatic rings. The Morgan fingerprint density at radius 2 is 1.79 bits per heavy atom. The summed E-state index contributed by atoms with van der Waals surface area (Å²) in [6.45, 7) is 4.04. The monoisotopic (exact) mass is 266 g/mol. The molecule has 3 unspecified atom stereocenters. The van der Waals surface area contributed by atoms with Gasteiger partial charge < -0.3 is 20.4 Å². The van der Waals surface area contributed by atoms with Gasteiger partial charge in [-0.1, -0.05) is 19.1 Å². The summed E-state index contributed by atoms with van der Waals surface area (Å²) in [5.41, 5.74) is 2.00. The van der Waals surface area contributed by atoms with Crippen molar-refractivity contribution < 1.29 is 10.2 Å². The normalized spacial score (nSPS) is 15.9. The third-order valence-corrected chi connectivity index (χ3v) is 3.44. The second-order valence-electron chi connectivity index (χ2n) is 5.17. The van der Waals surface area contributed by atoms with Crippen LogP contribution in [0.3, 0.4) is 0 Å². The third kappa shape index (κ3) is 4.49. The lowest BCUT2D eigenvalue weighted by Gasteiger charge is -2.25. The van der Waals surface area contributed by atoms with Gasteiger partial charge in [0, 0.05) is 31.9 Å². The lowest BCUT2D eigenvalue weighted by atomic mass is 10.0. The highest BCUT2D eigenvalue weighted by Crippen LogP contribution is 2.20. The van der Waals surface area contributed by atoms with Crippen molar-refractivity contribution in [2.45, 2.75) is 38.5 Å². The first-order valence-electron chi connectivity index (χ1n) is 6.81. The number of benzene rings is 1. The SMILES string of the molecule is CCC(CO)NC(C)C(O)c1ccc(N(C)C)cc1. The maximum absolute atomic E-state index is 10.3. The number of rotatable bonds is 7. The molecule has 0 bridgehead atoms. The minimum Gasteiger partial charge on any atom is -0.395 e. The van der Waals surface area contributed by atoms with Crippen LogP contribution in [0, 0.1) is 0 Å². The van der Waals surface area contributed by atoms with E-state index in [-0.39, 0.29) is 18.7 Å². The van der Waals surface area contributed by atoms with Gasteiger partial charge in [0.15, 0.2) is 0 Å². The number of hydrogen-bond acceptors (Lipinski definition) is 4. The first-order valence-corrected chi connectivity index (χ1v) is 6.81. The minimum absolute atomic E-state index is 0.0331. The molecule has 1 rings (SSSR count). The molecule has 1 aromatic carbocycles. The van der Waals surface area contributed by atoms with Crippen molar-refractivity contribution in [3.05, 3.63) is 29.8 Å². The zero-order valence-corrected chi connectivity index (χ0v) is 12.3. The Morgan fingerprint density at radius 3 is 2.21 bits per heavy atom. The molecule has 0 spiro atoms. The molecule has 0 amide bonds. The molecule has 0 saturated carbocycles. The predicted molar refractivity (Wildman–Crippen MR) is 79.5 cm³/mol. The minimum atomic E-state index is -0.572. The maximum atomic E-state index is 10.3. The molecule has 4 nitrogen and oxygen atoms in total. The predicted octanol–water partition coefficient (Wildman–Crippen LogP) is 1.54. The van der Waals surface area contributed by atoms with E-state index < -0.39 is 6.10 Å². The summed E-state index contributed by atoms with van der Waals surface area (Å²) >= 11 is 0. The van der Waals surface area contributed by atoms with Crippen LogP contribution >= 0.6 is 0 Å². The van der Waals surface area contributed by atoms with Crippen molar-refractivity contribution in [3.8, 4) is 0 Å². The van der Waals surface area contributed by atoms with Gasteiger partial charge in [-0.15, -0.1) is 0 Å². The summed E-state index contributed by atoms with van der Waals surface area (Å²) in [5.74, 6) is 0. The molecule has 19 heavy (non-hydrogen) atoms. The number of aliphatic hydroxyl groups is 2. The Bertz CT molecular complexity index is 361. The second-order valence-corrected chi connectivity index (χ2v) is 5.17. The van der Waals surface area contributed by atoms with Crippen LogP contribution in [0.1, 0.15) is 31.9 Å². The van der Waals surface area contributed by atoms with Crippen LogP contribution in [0.2, 0.25) is 0 Å². The molecule has 0 aliphatic heterocycles. The lowest BCUT2D eigenvalue weighted by molar-refractivity contribution is 0.118. The standard InChI is InChI=1S/C15H26N2O2/c1-5-13(10-18)16-11(2)15(19)12-6-8-14(9-7-12)17(3)4/h6-9,11,13,15-16,18-19H,5,10H2,1-4H3. The fourth-order valence-electron chi connectivity index (χ4n) is 2.02. The summed E-state index contributed by atoms with van der Waals surface area (Å²) in [7, 11) is 3.98. The molecule has 108 valence electrons. The molecular weight excluding hydrogens is 240 g/mol. The summed E-state index contributed by atoms with van der Waals surface area (Å²) < 4.78 is 0. The van der Waals surface area contributed by atoms with Crippen molar-refractivity contribution in [3.63, 3.8) is 0 Å². The van der Waals surface area contributed by atoms with E-state index in [1.54, 1.807) is 0 Å². The Kier molecular flexibility index (Phi) is 6.28. The van der Waals surface area contributed by atoms with Crippen LogP contribution in [-0.4, -0.2) is 43.0 Å². The van der Waals surface area contributed by atoms with Crippen LogP contribution in [-0.2, 0) is 0 Å². The average molecular weight is 266 g/mol. The van der Waals surface area contributed by atoms with Crippen molar-refractivity contribution in [2.24, 2.45) is 0 Å². The topological polar surface area (TPSA) is 55.7 Å². The second kappa shape index (κ2) is 7.48. The van der Waals surface area contributed by atoms with E-state index >= 15 is 0 Å². The smallest absolute Gasteiger partial charge is 0.0940 e. The van der Waals surface area contributed by atoms with Crippen molar-refractivity contribution in [2.75, 3.05) is 25.6 Å². The highest BCUT2D eigenvalue weighted by molar-refractivity contribution is 5.46. The molecule has 0 fully saturated rings. The number of anilines is 1. The first kappa shape index (κ1) is 16.0. The van der Waals surface area contributed by atoms with Crippen LogP contribution < -0.4 is 10.2 Å². The van der Waals surface area contributed by atoms with Gasteiger partial charge in [-0.25, -0.2) is 0 Å². The van der Waals surface area contributed by atoms with Gasteiger partial charge in [0.25, 0.3) is 0 Å². The Balaban J connectivity index is 2.68. The van der Waals surface area contributed by atoms with Gasteiger partial charge in [0.2, 0.25) is 0 Å². The van der Waals surface area contributed by atoms with Crippen LogP contribution in [0.5, 0.6) is 0 Å². The summed E-state index contributed by atoms with van der Waals surface area (Å²) in [6, 6.07) is 7.81. The quantitative estimate of drug-likeness (QED) is 0.700. The third-order valence-electron chi connectivity index (χ3n) is 3.44. The van der Waals surface area contributed by atoms with Gasteiger partial charge in [0.1, 0.15) is 0 Å². The van der Waals surface area contributed by atoms with Crippen LogP contribution in [0.15, 0.2) is 24.3 Å². The molecular formula is C15H26N2O2. The maximum Gasteiger partial charge on any atom is 0.0940 e. The number of nitrogens with zero attached hydrogens (tertiary/aromatic N) is 1. The highest BCUT2D eigenvalue weighted by Gasteiger charge is 2.18. The van der Waals surface area contributed by atoms with Crippen LogP contribution in [0.25, 0.3) is 0 Å². The van der Waals surface area contributed by atoms with Gasteiger partial charge >= 0.3 is 0 Å². The van der Waals surface area contributed by atoms with Crippen LogP contribution in [0.4, 0.5) is 5.69 Å². The van der Waals surface area contributed by atoms with E-state index in [0.29, 0.717) is 0 Å². The Labute approximate surface area is 116 Å². The molecule has 1 aromatic rings. The number of nitrogens with one attached hydrogen (secondary N) is 1. The fraction of sp³-hybridized carbons (Fsp3) is 0.600. The van der Waals surface area contributed by atoms with E-state index in [4.69, 9.17) is 0 Å². The highest BCUT2D eigenvalue weighted by atomic mass is 16.3. The molecule has 0 radical (unpaired) electrons. The average Bonchev–Trinajstić information content (AvgIpc) is 2.43. The Morgan fingerprint density at radius 1 is 1.21 bits per heavy atom. The summed E-state index contributed by atoms with van der Waals surface area (Å²) in [4.78, 5) is 2.02. The van der Waals surface area contributed by atoms with E-state index in [0.717, 1.165) is 17.7 Å². The van der Waals surface area contributed by atoms with Gasteiger partial charge in [-0.2, -0.15) is 0 Å². The lowest BCUT2D eigenvalue weighted by Crippen LogP contribution is -2.41. The molecule has 3 N–H and O–H groups in total. The number of aliphatic hydroxyl groups excluding tert-OH is 2. The Hall–Kier alpha value is -1.10. The summed E-state index contributed by atoms with van der Waals surface area (Å²) in [5, 5.41) is 22.7. The zero-order chi connectivity index (χ0) is 14.4. The largest absolute Gasteiger partial charge is 0.395 e. The number of hydrogen-bond donors (Lipinski definition) is 3. The van der Waals surface area contributed by atoms with Gasteiger partial charge in [-0.3, -0.25) is 0 Å². The van der Waals surface area contributed by atoms with E-state index in [1.807, 2.05) is 57.1 Å². The zero-order valence-electron chi connectivity index (χ0n) is 12.3. The van der Waals surface area contributed by atoms with E-state index in [2.05, 4.69) is 5.32 Å². The molecule has 0 aromatic heterocycles.